The second-order valence-electron chi connectivity index (χ2n) is 13.2. The van der Waals surface area contributed by atoms with E-state index in [1.54, 1.807) is 26.0 Å². The molecule has 234 valence electrons. The molecular weight excluding hydrogens is 591 g/mol. The molecule has 2 aromatic carbocycles. The predicted octanol–water partition coefficient (Wildman–Crippen LogP) is 6.42. The number of aliphatic hydroxyl groups is 1. The molecule has 0 radical (unpaired) electrons. The maximum absolute atomic E-state index is 13.2. The van der Waals surface area contributed by atoms with Gasteiger partial charge in [0.05, 0.1) is 22.2 Å². The summed E-state index contributed by atoms with van der Waals surface area (Å²) in [7, 11) is -0.346. The average Bonchev–Trinajstić information content (AvgIpc) is 3.62. The zero-order chi connectivity index (χ0) is 32.3. The van der Waals surface area contributed by atoms with E-state index in [4.69, 9.17) is 20.9 Å². The molecule has 0 spiro atoms. The largest absolute Gasteiger partial charge is 0.586 e. The second kappa shape index (κ2) is 11.1. The van der Waals surface area contributed by atoms with Gasteiger partial charge in [-0.15, -0.1) is 8.78 Å². The van der Waals surface area contributed by atoms with Gasteiger partial charge in [0.1, 0.15) is 10.9 Å². The molecule has 0 atom stereocenters. The minimum absolute atomic E-state index is 0.00875. The van der Waals surface area contributed by atoms with Crippen LogP contribution in [0.3, 0.4) is 0 Å². The van der Waals surface area contributed by atoms with Gasteiger partial charge in [0.2, 0.25) is 0 Å². The first-order valence-electron chi connectivity index (χ1n) is 14.6. The van der Waals surface area contributed by atoms with Crippen molar-refractivity contribution in [3.8, 4) is 11.5 Å². The number of ether oxygens (including phenoxy) is 2. The summed E-state index contributed by atoms with van der Waals surface area (Å²) in [4.78, 5) is 17.0. The summed E-state index contributed by atoms with van der Waals surface area (Å²) in [5, 5.41) is 10.3. The molecule has 44 heavy (non-hydrogen) atoms. The highest BCUT2D eigenvalue weighted by molar-refractivity contribution is 6.62. The van der Waals surface area contributed by atoms with Crippen LogP contribution in [0.15, 0.2) is 54.6 Å². The standard InChI is InChI=1S/C18H14ClF2NO3.C15H23BO3/c1-10-2-4-12(22-16(10)19)9-15(23)17(6-7-17)11-3-5-13-14(8-11)25-18(20,21)24-13;1-13(2,17)11-7-9-12(10-8-11)16-18-14(3,4)15(5,6)19-16/h2-5,8H,6-7,9H2,1H3;7-10,17H,1-6H3. The second-order valence-corrected chi connectivity index (χ2v) is 13.5. The van der Waals surface area contributed by atoms with Crippen molar-refractivity contribution in [2.24, 2.45) is 0 Å². The molecule has 6 rings (SSSR count). The number of aromatic nitrogens is 1. The van der Waals surface area contributed by atoms with E-state index in [9.17, 15) is 18.7 Å². The lowest BCUT2D eigenvalue weighted by molar-refractivity contribution is -0.286. The van der Waals surface area contributed by atoms with Crippen LogP contribution in [0.5, 0.6) is 11.5 Å². The zero-order valence-corrected chi connectivity index (χ0v) is 26.7. The van der Waals surface area contributed by atoms with E-state index in [-0.39, 0.29) is 42.0 Å². The van der Waals surface area contributed by atoms with E-state index in [0.717, 1.165) is 16.6 Å². The van der Waals surface area contributed by atoms with Gasteiger partial charge in [-0.2, -0.15) is 0 Å². The van der Waals surface area contributed by atoms with Crippen LogP contribution in [-0.2, 0) is 31.5 Å². The number of hydrogen-bond donors (Lipinski definition) is 1. The van der Waals surface area contributed by atoms with E-state index in [2.05, 4.69) is 14.5 Å². The molecule has 1 aromatic heterocycles. The van der Waals surface area contributed by atoms with Crippen molar-refractivity contribution in [2.45, 2.75) is 96.2 Å². The number of carbonyl (C=O) groups excluding carboxylic acids is 1. The number of rotatable bonds is 6. The van der Waals surface area contributed by atoms with Crippen LogP contribution in [0.2, 0.25) is 5.15 Å². The molecular formula is C33H37BClF2NO6. The van der Waals surface area contributed by atoms with Crippen LogP contribution in [0, 0.1) is 6.92 Å². The molecule has 11 heteroatoms. The summed E-state index contributed by atoms with van der Waals surface area (Å²) in [6, 6.07) is 15.9. The number of alkyl halides is 2. The Bertz CT molecular complexity index is 1550. The van der Waals surface area contributed by atoms with E-state index in [0.29, 0.717) is 29.3 Å². The van der Waals surface area contributed by atoms with Crippen LogP contribution in [0.4, 0.5) is 8.78 Å². The smallest absolute Gasteiger partial charge is 0.399 e. The van der Waals surface area contributed by atoms with Crippen molar-refractivity contribution in [1.29, 1.82) is 0 Å². The number of fused-ring (bicyclic) bond motifs is 1. The summed E-state index contributed by atoms with van der Waals surface area (Å²) in [5.41, 5.74) is 1.81. The van der Waals surface area contributed by atoms with Gasteiger partial charge in [0.25, 0.3) is 0 Å². The van der Waals surface area contributed by atoms with Crippen LogP contribution in [0.1, 0.15) is 76.8 Å². The number of aryl methyl sites for hydroxylation is 1. The first kappa shape index (κ1) is 32.4. The first-order chi connectivity index (χ1) is 20.3. The number of carbonyl (C=O) groups is 1. The highest BCUT2D eigenvalue weighted by Crippen LogP contribution is 2.52. The number of pyridine rings is 1. The summed E-state index contributed by atoms with van der Waals surface area (Å²) in [6.45, 7) is 13.5. The lowest BCUT2D eigenvalue weighted by Gasteiger charge is -2.32. The number of hydrogen-bond acceptors (Lipinski definition) is 7. The van der Waals surface area contributed by atoms with Gasteiger partial charge >= 0.3 is 13.4 Å². The summed E-state index contributed by atoms with van der Waals surface area (Å²) in [6.07, 6.45) is -2.18. The van der Waals surface area contributed by atoms with Crippen molar-refractivity contribution >= 4 is 30.0 Å². The number of nitrogens with zero attached hydrogens (tertiary/aromatic N) is 1. The van der Waals surface area contributed by atoms with Crippen molar-refractivity contribution in [1.82, 2.24) is 4.98 Å². The molecule has 1 N–H and O–H groups in total. The molecule has 2 aliphatic heterocycles. The molecule has 7 nitrogen and oxygen atoms in total. The van der Waals surface area contributed by atoms with Gasteiger partial charge < -0.3 is 23.9 Å². The summed E-state index contributed by atoms with van der Waals surface area (Å²) >= 11 is 6.01. The normalized spacial score (nSPS) is 20.1. The molecule has 2 fully saturated rings. The molecule has 1 aliphatic carbocycles. The molecule has 3 aliphatic rings. The van der Waals surface area contributed by atoms with Crippen LogP contribution in [-0.4, -0.2) is 40.5 Å². The zero-order valence-electron chi connectivity index (χ0n) is 26.0. The molecule has 1 saturated heterocycles. The Balaban J connectivity index is 0.000000182. The fraction of sp³-hybridized carbons (Fsp3) is 0.455. The third-order valence-corrected chi connectivity index (χ3v) is 9.20. The highest BCUT2D eigenvalue weighted by Gasteiger charge is 2.53. The Morgan fingerprint density at radius 2 is 1.55 bits per heavy atom. The van der Waals surface area contributed by atoms with Crippen LogP contribution in [0.25, 0.3) is 0 Å². The molecule has 1 saturated carbocycles. The summed E-state index contributed by atoms with van der Waals surface area (Å²) < 4.78 is 47.2. The Morgan fingerprint density at radius 3 is 2.09 bits per heavy atom. The predicted molar refractivity (Wildman–Crippen MR) is 164 cm³/mol. The van der Waals surface area contributed by atoms with Gasteiger partial charge in [-0.3, -0.25) is 4.79 Å². The molecule has 0 amide bonds. The monoisotopic (exact) mass is 627 g/mol. The highest BCUT2D eigenvalue weighted by atomic mass is 35.5. The SMILES string of the molecule is CC(C)(O)c1ccc(B2OC(C)(C)C(C)(C)O2)cc1.Cc1ccc(CC(=O)C2(c3ccc4c(c3)OC(F)(F)O4)CC2)nc1Cl. The fourth-order valence-electron chi connectivity index (χ4n) is 5.10. The van der Waals surface area contributed by atoms with Crippen molar-refractivity contribution in [3.05, 3.63) is 82.1 Å². The minimum Gasteiger partial charge on any atom is -0.399 e. The Morgan fingerprint density at radius 1 is 0.955 bits per heavy atom. The Kier molecular flexibility index (Phi) is 8.15. The lowest BCUT2D eigenvalue weighted by Crippen LogP contribution is -2.41. The van der Waals surface area contributed by atoms with Gasteiger partial charge in [-0.05, 0) is 102 Å². The van der Waals surface area contributed by atoms with E-state index < -0.39 is 17.3 Å². The van der Waals surface area contributed by atoms with Crippen molar-refractivity contribution in [3.63, 3.8) is 0 Å². The van der Waals surface area contributed by atoms with Gasteiger partial charge in [0.15, 0.2) is 11.5 Å². The topological polar surface area (TPSA) is 87.1 Å². The molecule has 3 heterocycles. The molecule has 0 bridgehead atoms. The molecule has 0 unspecified atom stereocenters. The van der Waals surface area contributed by atoms with Crippen molar-refractivity contribution in [2.75, 3.05) is 0 Å². The van der Waals surface area contributed by atoms with Gasteiger partial charge in [0, 0.05) is 12.1 Å². The number of Topliss-reactive ketones (excluding diaryl/α,β-unsaturated/α-hetero) is 1. The third-order valence-electron chi connectivity index (χ3n) is 8.81. The van der Waals surface area contributed by atoms with Crippen LogP contribution >= 0.6 is 11.6 Å². The third kappa shape index (κ3) is 6.49. The maximum Gasteiger partial charge on any atom is 0.586 e. The van der Waals surface area contributed by atoms with Crippen LogP contribution < -0.4 is 14.9 Å². The van der Waals surface area contributed by atoms with E-state index >= 15 is 0 Å². The number of halogens is 3. The van der Waals surface area contributed by atoms with Crippen molar-refractivity contribution < 1.29 is 37.5 Å². The average molecular weight is 628 g/mol. The van der Waals surface area contributed by atoms with Gasteiger partial charge in [-0.1, -0.05) is 48.0 Å². The molecule has 3 aromatic rings. The van der Waals surface area contributed by atoms with E-state index in [1.165, 1.54) is 12.1 Å². The Hall–Kier alpha value is -3.05. The fourth-order valence-corrected chi connectivity index (χ4v) is 5.27. The number of ketones is 1. The summed E-state index contributed by atoms with van der Waals surface area (Å²) in [5.74, 6) is -0.0763. The van der Waals surface area contributed by atoms with Gasteiger partial charge in [-0.25, -0.2) is 4.98 Å². The number of benzene rings is 2. The maximum atomic E-state index is 13.2. The lowest BCUT2D eigenvalue weighted by atomic mass is 9.78. The Labute approximate surface area is 262 Å². The minimum atomic E-state index is -3.66. The first-order valence-corrected chi connectivity index (χ1v) is 14.9. The van der Waals surface area contributed by atoms with E-state index in [1.807, 2.05) is 65.0 Å². The quantitative estimate of drug-likeness (QED) is 0.249.